The number of phenolic OH excluding ortho intramolecular Hbond substituents is 1. The summed E-state index contributed by atoms with van der Waals surface area (Å²) in [4.78, 5) is 2.49. The highest BCUT2D eigenvalue weighted by molar-refractivity contribution is 5.53. The molecule has 20 heavy (non-hydrogen) atoms. The van der Waals surface area contributed by atoms with Gasteiger partial charge >= 0.3 is 0 Å². The Balaban J connectivity index is 2.04. The smallest absolute Gasteiger partial charge is 0.115 e. The molecule has 2 nitrogen and oxygen atoms in total. The van der Waals surface area contributed by atoms with E-state index in [4.69, 9.17) is 0 Å². The van der Waals surface area contributed by atoms with Gasteiger partial charge in [0.1, 0.15) is 5.75 Å². The van der Waals surface area contributed by atoms with Crippen molar-refractivity contribution in [2.45, 2.75) is 26.3 Å². The van der Waals surface area contributed by atoms with E-state index in [1.54, 1.807) is 0 Å². The Kier molecular flexibility index (Phi) is 3.39. The molecule has 0 aromatic heterocycles. The first kappa shape index (κ1) is 13.0. The number of rotatable bonds is 2. The summed E-state index contributed by atoms with van der Waals surface area (Å²) in [6.45, 7) is 5.54. The first-order valence-electron chi connectivity index (χ1n) is 7.30. The highest BCUT2D eigenvalue weighted by atomic mass is 16.3. The topological polar surface area (TPSA) is 23.5 Å². The molecule has 0 saturated carbocycles. The van der Waals surface area contributed by atoms with Crippen molar-refractivity contribution >= 4 is 5.69 Å². The van der Waals surface area contributed by atoms with Crippen LogP contribution in [0.15, 0.2) is 48.5 Å². The van der Waals surface area contributed by atoms with Crippen molar-refractivity contribution in [1.82, 2.24) is 0 Å². The predicted molar refractivity (Wildman–Crippen MR) is 83.2 cm³/mol. The zero-order valence-electron chi connectivity index (χ0n) is 12.1. The van der Waals surface area contributed by atoms with E-state index in [9.17, 15) is 5.11 Å². The summed E-state index contributed by atoms with van der Waals surface area (Å²) >= 11 is 0. The second kappa shape index (κ2) is 5.20. The number of hydrogen-bond donors (Lipinski definition) is 1. The van der Waals surface area contributed by atoms with Crippen LogP contribution in [0.1, 0.15) is 31.0 Å². The lowest BCUT2D eigenvalue weighted by Gasteiger charge is -2.41. The van der Waals surface area contributed by atoms with Crippen molar-refractivity contribution in [3.8, 4) is 5.75 Å². The van der Waals surface area contributed by atoms with Gasteiger partial charge in [-0.15, -0.1) is 0 Å². The monoisotopic (exact) mass is 267 g/mol. The molecule has 0 radical (unpaired) electrons. The summed E-state index contributed by atoms with van der Waals surface area (Å²) in [6.07, 6.45) is 0.988. The Hall–Kier alpha value is -1.96. The summed E-state index contributed by atoms with van der Waals surface area (Å²) < 4.78 is 0. The zero-order valence-corrected chi connectivity index (χ0v) is 12.1. The minimum Gasteiger partial charge on any atom is -0.508 e. The highest BCUT2D eigenvalue weighted by Crippen LogP contribution is 2.39. The van der Waals surface area contributed by atoms with Crippen LogP contribution in [-0.2, 0) is 6.42 Å². The van der Waals surface area contributed by atoms with Gasteiger partial charge < -0.3 is 10.0 Å². The van der Waals surface area contributed by atoms with Crippen LogP contribution in [0.5, 0.6) is 5.75 Å². The van der Waals surface area contributed by atoms with E-state index in [-0.39, 0.29) is 0 Å². The first-order valence-corrected chi connectivity index (χ1v) is 7.30. The van der Waals surface area contributed by atoms with Crippen LogP contribution < -0.4 is 4.90 Å². The van der Waals surface area contributed by atoms with E-state index in [0.29, 0.717) is 17.7 Å². The van der Waals surface area contributed by atoms with Crippen molar-refractivity contribution in [2.75, 3.05) is 11.4 Å². The summed E-state index contributed by atoms with van der Waals surface area (Å²) in [5.74, 6) is 0.901. The van der Waals surface area contributed by atoms with Crippen LogP contribution in [0.2, 0.25) is 0 Å². The summed E-state index contributed by atoms with van der Waals surface area (Å²) in [6, 6.07) is 16.8. The molecular weight excluding hydrogens is 246 g/mol. The normalized spacial score (nSPS) is 18.1. The molecule has 3 rings (SSSR count). The lowest BCUT2D eigenvalue weighted by Crippen LogP contribution is -2.38. The van der Waals surface area contributed by atoms with Gasteiger partial charge in [-0.25, -0.2) is 0 Å². The van der Waals surface area contributed by atoms with Crippen molar-refractivity contribution in [1.29, 1.82) is 0 Å². The minimum atomic E-state index is 0.374. The van der Waals surface area contributed by atoms with E-state index in [1.807, 2.05) is 12.1 Å². The van der Waals surface area contributed by atoms with Gasteiger partial charge in [0.05, 0.1) is 6.04 Å². The van der Waals surface area contributed by atoms with Gasteiger partial charge in [0.25, 0.3) is 0 Å². The summed E-state index contributed by atoms with van der Waals surface area (Å²) in [7, 11) is 0. The fourth-order valence-electron chi connectivity index (χ4n) is 3.27. The lowest BCUT2D eigenvalue weighted by molar-refractivity contribution is 0.444. The number of anilines is 1. The number of nitrogens with zero attached hydrogens (tertiary/aromatic N) is 1. The van der Waals surface area contributed by atoms with E-state index in [1.165, 1.54) is 16.8 Å². The largest absolute Gasteiger partial charge is 0.508 e. The SMILES string of the molecule is CC(C)C1c2ccc(O)cc2CCN1c1ccccc1. The fraction of sp³-hybridized carbons (Fsp3) is 0.333. The van der Waals surface area contributed by atoms with Gasteiger partial charge in [-0.3, -0.25) is 0 Å². The Bertz CT molecular complexity index is 592. The third-order valence-electron chi connectivity index (χ3n) is 4.12. The van der Waals surface area contributed by atoms with Crippen LogP contribution in [0.4, 0.5) is 5.69 Å². The Morgan fingerprint density at radius 1 is 1.10 bits per heavy atom. The molecular formula is C18H21NO. The van der Waals surface area contributed by atoms with E-state index < -0.39 is 0 Å². The second-order valence-electron chi connectivity index (χ2n) is 5.85. The molecule has 0 spiro atoms. The summed E-state index contributed by atoms with van der Waals surface area (Å²) in [5.41, 5.74) is 3.92. The van der Waals surface area contributed by atoms with E-state index >= 15 is 0 Å². The van der Waals surface area contributed by atoms with Crippen molar-refractivity contribution in [3.05, 3.63) is 59.7 Å². The van der Waals surface area contributed by atoms with Crippen molar-refractivity contribution < 1.29 is 5.11 Å². The van der Waals surface area contributed by atoms with Crippen molar-refractivity contribution in [2.24, 2.45) is 5.92 Å². The lowest BCUT2D eigenvalue weighted by atomic mass is 9.85. The quantitative estimate of drug-likeness (QED) is 0.883. The Morgan fingerprint density at radius 2 is 1.85 bits per heavy atom. The molecule has 1 atom stereocenters. The molecule has 0 saturated heterocycles. The number of hydrogen-bond acceptors (Lipinski definition) is 2. The van der Waals surface area contributed by atoms with Gasteiger partial charge in [0, 0.05) is 12.2 Å². The van der Waals surface area contributed by atoms with Gasteiger partial charge in [-0.2, -0.15) is 0 Å². The molecule has 2 aromatic rings. The fourth-order valence-corrected chi connectivity index (χ4v) is 3.27. The number of para-hydroxylation sites is 1. The molecule has 2 heteroatoms. The van der Waals surface area contributed by atoms with Gasteiger partial charge in [0.15, 0.2) is 0 Å². The van der Waals surface area contributed by atoms with Crippen LogP contribution >= 0.6 is 0 Å². The van der Waals surface area contributed by atoms with Crippen LogP contribution in [-0.4, -0.2) is 11.7 Å². The molecule has 0 aliphatic carbocycles. The molecule has 1 unspecified atom stereocenters. The molecule has 1 aliphatic heterocycles. The average Bonchev–Trinajstić information content (AvgIpc) is 2.46. The molecule has 2 aromatic carbocycles. The van der Waals surface area contributed by atoms with E-state index in [0.717, 1.165) is 13.0 Å². The third kappa shape index (κ3) is 2.26. The van der Waals surface area contributed by atoms with Crippen LogP contribution in [0.25, 0.3) is 0 Å². The average molecular weight is 267 g/mol. The maximum atomic E-state index is 9.68. The predicted octanol–water partition coefficient (Wildman–Crippen LogP) is 4.15. The Labute approximate surface area is 120 Å². The zero-order chi connectivity index (χ0) is 14.1. The van der Waals surface area contributed by atoms with Gasteiger partial charge in [0.2, 0.25) is 0 Å². The molecule has 0 bridgehead atoms. The Morgan fingerprint density at radius 3 is 2.55 bits per heavy atom. The third-order valence-corrected chi connectivity index (χ3v) is 4.12. The molecule has 1 aliphatic rings. The van der Waals surface area contributed by atoms with Crippen LogP contribution in [0.3, 0.4) is 0 Å². The minimum absolute atomic E-state index is 0.374. The van der Waals surface area contributed by atoms with Gasteiger partial charge in [-0.05, 0) is 47.7 Å². The second-order valence-corrected chi connectivity index (χ2v) is 5.85. The number of benzene rings is 2. The molecule has 0 fully saturated rings. The van der Waals surface area contributed by atoms with Gasteiger partial charge in [-0.1, -0.05) is 38.1 Å². The van der Waals surface area contributed by atoms with Crippen LogP contribution in [0, 0.1) is 5.92 Å². The standard InChI is InChI=1S/C18H21NO/c1-13(2)18-17-9-8-16(20)12-14(17)10-11-19(18)15-6-4-3-5-7-15/h3-9,12-13,18,20H,10-11H2,1-2H3. The molecule has 0 amide bonds. The number of aromatic hydroxyl groups is 1. The van der Waals surface area contributed by atoms with Crippen molar-refractivity contribution in [3.63, 3.8) is 0 Å². The molecule has 1 heterocycles. The maximum absolute atomic E-state index is 9.68. The summed E-state index contributed by atoms with van der Waals surface area (Å²) in [5, 5.41) is 9.68. The van der Waals surface area contributed by atoms with E-state index in [2.05, 4.69) is 55.1 Å². The highest BCUT2D eigenvalue weighted by Gasteiger charge is 2.29. The number of fused-ring (bicyclic) bond motifs is 1. The maximum Gasteiger partial charge on any atom is 0.115 e. The first-order chi connectivity index (χ1) is 9.66. The molecule has 1 N–H and O–H groups in total. The molecule has 104 valence electrons. The number of phenols is 1.